The molecular weight excluding hydrogens is 218 g/mol. The van der Waals surface area contributed by atoms with Crippen LogP contribution in [0.1, 0.15) is 43.1 Å². The predicted octanol–water partition coefficient (Wildman–Crippen LogP) is 2.17. The third-order valence-electron chi connectivity index (χ3n) is 3.33. The highest BCUT2D eigenvalue weighted by Gasteiger charge is 2.23. The van der Waals surface area contributed by atoms with Crippen molar-refractivity contribution in [3.8, 4) is 0 Å². The van der Waals surface area contributed by atoms with E-state index in [2.05, 4.69) is 22.2 Å². The van der Waals surface area contributed by atoms with E-state index in [1.165, 1.54) is 31.7 Å². The summed E-state index contributed by atoms with van der Waals surface area (Å²) in [5.74, 6) is -0.102. The first-order valence-corrected chi connectivity index (χ1v) is 5.99. The highest BCUT2D eigenvalue weighted by Crippen LogP contribution is 2.26. The normalized spacial score (nSPS) is 24.3. The van der Waals surface area contributed by atoms with Crippen molar-refractivity contribution in [3.05, 3.63) is 18.1 Å². The van der Waals surface area contributed by atoms with Crippen LogP contribution < -0.4 is 5.32 Å². The molecule has 0 amide bonds. The fraction of sp³-hybridized carbons (Fsp3) is 0.583. The molecule has 92 valence electrons. The molecule has 2 atom stereocenters. The van der Waals surface area contributed by atoms with Crippen LogP contribution in [0, 0.1) is 5.92 Å². The van der Waals surface area contributed by atoms with Crippen LogP contribution in [0.4, 0.5) is 5.82 Å². The van der Waals surface area contributed by atoms with Gasteiger partial charge in [0.2, 0.25) is 0 Å². The van der Waals surface area contributed by atoms with Gasteiger partial charge in [0.05, 0.1) is 0 Å². The van der Waals surface area contributed by atoms with Gasteiger partial charge in [-0.1, -0.05) is 19.8 Å². The predicted molar refractivity (Wildman–Crippen MR) is 64.0 cm³/mol. The van der Waals surface area contributed by atoms with E-state index in [1.807, 2.05) is 0 Å². The minimum absolute atomic E-state index is 0.00488. The minimum atomic E-state index is -1.04. The lowest BCUT2D eigenvalue weighted by Crippen LogP contribution is -2.31. The fourth-order valence-electron chi connectivity index (χ4n) is 2.31. The van der Waals surface area contributed by atoms with Crippen LogP contribution in [-0.2, 0) is 0 Å². The molecule has 0 saturated heterocycles. The monoisotopic (exact) mass is 235 g/mol. The maximum absolute atomic E-state index is 11.0. The molecule has 2 rings (SSSR count). The van der Waals surface area contributed by atoms with Gasteiger partial charge in [-0.3, -0.25) is 0 Å². The van der Waals surface area contributed by atoms with Gasteiger partial charge in [-0.25, -0.2) is 14.8 Å². The number of carboxylic acid groups (broad SMARTS) is 1. The molecule has 0 bridgehead atoms. The molecule has 0 aromatic carbocycles. The fourth-order valence-corrected chi connectivity index (χ4v) is 2.31. The Bertz CT molecular complexity index is 408. The SMILES string of the molecule is CC1CCCCC1Nc1nccnc1C(=O)O. The molecule has 1 aliphatic rings. The molecule has 2 N–H and O–H groups in total. The van der Waals surface area contributed by atoms with Gasteiger partial charge in [0.25, 0.3) is 0 Å². The van der Waals surface area contributed by atoms with Crippen molar-refractivity contribution in [1.82, 2.24) is 9.97 Å². The maximum Gasteiger partial charge on any atom is 0.358 e. The molecule has 1 aromatic rings. The number of nitrogens with zero attached hydrogens (tertiary/aromatic N) is 2. The Morgan fingerprint density at radius 1 is 1.35 bits per heavy atom. The Balaban J connectivity index is 2.14. The first-order chi connectivity index (χ1) is 8.18. The molecule has 1 heterocycles. The molecular formula is C12H17N3O2. The van der Waals surface area contributed by atoms with E-state index in [9.17, 15) is 4.79 Å². The molecule has 1 fully saturated rings. The summed E-state index contributed by atoms with van der Waals surface area (Å²) in [5, 5.41) is 12.2. The molecule has 1 aliphatic carbocycles. The summed E-state index contributed by atoms with van der Waals surface area (Å²) in [6.45, 7) is 2.19. The van der Waals surface area contributed by atoms with Gasteiger partial charge in [-0.15, -0.1) is 0 Å². The first-order valence-electron chi connectivity index (χ1n) is 5.99. The average molecular weight is 235 g/mol. The van der Waals surface area contributed by atoms with E-state index in [0.717, 1.165) is 6.42 Å². The molecule has 1 saturated carbocycles. The third kappa shape index (κ3) is 2.72. The zero-order valence-corrected chi connectivity index (χ0v) is 9.89. The molecule has 5 heteroatoms. The van der Waals surface area contributed by atoms with Gasteiger partial charge in [0.1, 0.15) is 0 Å². The van der Waals surface area contributed by atoms with Gasteiger partial charge in [0.15, 0.2) is 11.5 Å². The summed E-state index contributed by atoms with van der Waals surface area (Å²) < 4.78 is 0. The number of hydrogen-bond donors (Lipinski definition) is 2. The number of carboxylic acids is 1. The van der Waals surface area contributed by atoms with Crippen LogP contribution in [-0.4, -0.2) is 27.1 Å². The third-order valence-corrected chi connectivity index (χ3v) is 3.33. The Kier molecular flexibility index (Phi) is 3.56. The Hall–Kier alpha value is -1.65. The molecule has 17 heavy (non-hydrogen) atoms. The number of hydrogen-bond acceptors (Lipinski definition) is 4. The summed E-state index contributed by atoms with van der Waals surface area (Å²) in [4.78, 5) is 18.9. The van der Waals surface area contributed by atoms with Crippen LogP contribution in [0.25, 0.3) is 0 Å². The second kappa shape index (κ2) is 5.12. The zero-order valence-electron chi connectivity index (χ0n) is 9.89. The Morgan fingerprint density at radius 2 is 2.06 bits per heavy atom. The number of aromatic nitrogens is 2. The van der Waals surface area contributed by atoms with Crippen molar-refractivity contribution in [2.75, 3.05) is 5.32 Å². The molecule has 0 radical (unpaired) electrons. The van der Waals surface area contributed by atoms with Gasteiger partial charge >= 0.3 is 5.97 Å². The van der Waals surface area contributed by atoms with Crippen molar-refractivity contribution in [2.24, 2.45) is 5.92 Å². The minimum Gasteiger partial charge on any atom is -0.476 e. The number of aromatic carboxylic acids is 1. The number of anilines is 1. The number of carbonyl (C=O) groups is 1. The van der Waals surface area contributed by atoms with Crippen LogP contribution >= 0.6 is 0 Å². The maximum atomic E-state index is 11.0. The van der Waals surface area contributed by atoms with Crippen molar-refractivity contribution in [2.45, 2.75) is 38.6 Å². The standard InChI is InChI=1S/C12H17N3O2/c1-8-4-2-3-5-9(8)15-11-10(12(16)17)13-6-7-14-11/h6-9H,2-5H2,1H3,(H,14,15)(H,16,17). The van der Waals surface area contributed by atoms with Gasteiger partial charge in [-0.2, -0.15) is 0 Å². The second-order valence-corrected chi connectivity index (χ2v) is 4.57. The molecule has 5 nitrogen and oxygen atoms in total. The number of nitrogens with one attached hydrogen (secondary N) is 1. The summed E-state index contributed by atoms with van der Waals surface area (Å²) >= 11 is 0. The average Bonchev–Trinajstić information content (AvgIpc) is 2.32. The first kappa shape index (κ1) is 11.8. The molecule has 0 spiro atoms. The molecule has 2 unspecified atom stereocenters. The lowest BCUT2D eigenvalue weighted by atomic mass is 9.86. The van der Waals surface area contributed by atoms with Crippen LogP contribution in [0.3, 0.4) is 0 Å². The van der Waals surface area contributed by atoms with Gasteiger partial charge in [0, 0.05) is 18.4 Å². The van der Waals surface area contributed by atoms with E-state index in [-0.39, 0.29) is 5.69 Å². The van der Waals surface area contributed by atoms with E-state index in [1.54, 1.807) is 0 Å². The summed E-state index contributed by atoms with van der Waals surface area (Å²) in [5.41, 5.74) is 0.00488. The Labute approximate surface area is 100 Å². The Morgan fingerprint density at radius 3 is 2.76 bits per heavy atom. The van der Waals surface area contributed by atoms with Crippen molar-refractivity contribution in [1.29, 1.82) is 0 Å². The highest BCUT2D eigenvalue weighted by atomic mass is 16.4. The van der Waals surface area contributed by atoms with E-state index in [4.69, 9.17) is 5.11 Å². The number of rotatable bonds is 3. The smallest absolute Gasteiger partial charge is 0.358 e. The van der Waals surface area contributed by atoms with E-state index in [0.29, 0.717) is 17.8 Å². The van der Waals surface area contributed by atoms with Crippen molar-refractivity contribution in [3.63, 3.8) is 0 Å². The second-order valence-electron chi connectivity index (χ2n) is 4.57. The van der Waals surface area contributed by atoms with Crippen LogP contribution in [0.5, 0.6) is 0 Å². The highest BCUT2D eigenvalue weighted by molar-refractivity contribution is 5.90. The van der Waals surface area contributed by atoms with E-state index < -0.39 is 5.97 Å². The molecule has 0 aliphatic heterocycles. The van der Waals surface area contributed by atoms with Crippen molar-refractivity contribution >= 4 is 11.8 Å². The van der Waals surface area contributed by atoms with E-state index >= 15 is 0 Å². The van der Waals surface area contributed by atoms with Crippen molar-refractivity contribution < 1.29 is 9.90 Å². The van der Waals surface area contributed by atoms with Gasteiger partial charge < -0.3 is 10.4 Å². The largest absolute Gasteiger partial charge is 0.476 e. The quantitative estimate of drug-likeness (QED) is 0.839. The topological polar surface area (TPSA) is 75.1 Å². The van der Waals surface area contributed by atoms with Crippen LogP contribution in [0.2, 0.25) is 0 Å². The van der Waals surface area contributed by atoms with Gasteiger partial charge in [-0.05, 0) is 18.8 Å². The lowest BCUT2D eigenvalue weighted by Gasteiger charge is -2.30. The summed E-state index contributed by atoms with van der Waals surface area (Å²) in [6.07, 6.45) is 7.61. The zero-order chi connectivity index (χ0) is 12.3. The lowest BCUT2D eigenvalue weighted by molar-refractivity contribution is 0.0691. The summed E-state index contributed by atoms with van der Waals surface area (Å²) in [7, 11) is 0. The molecule has 1 aromatic heterocycles. The van der Waals surface area contributed by atoms with Crippen LogP contribution in [0.15, 0.2) is 12.4 Å². The summed E-state index contributed by atoms with van der Waals surface area (Å²) in [6, 6.07) is 0.304.